The molecule has 1 heterocycles. The van der Waals surface area contributed by atoms with Crippen molar-refractivity contribution in [3.8, 4) is 0 Å². The van der Waals surface area contributed by atoms with Gasteiger partial charge >= 0.3 is 0 Å². The number of halogens is 2. The van der Waals surface area contributed by atoms with Gasteiger partial charge in [-0.05, 0) is 12.8 Å². The van der Waals surface area contributed by atoms with Crippen molar-refractivity contribution in [2.24, 2.45) is 5.41 Å². The molecule has 1 fully saturated rings. The lowest BCUT2D eigenvalue weighted by molar-refractivity contribution is -0.0351. The van der Waals surface area contributed by atoms with Crippen molar-refractivity contribution >= 4 is 23.2 Å². The highest BCUT2D eigenvalue weighted by Crippen LogP contribution is 2.37. The van der Waals surface area contributed by atoms with Gasteiger partial charge in [-0.1, -0.05) is 31.5 Å². The first-order valence-corrected chi connectivity index (χ1v) is 7.13. The quantitative estimate of drug-likeness (QED) is 0.658. The standard InChI is InChI=1S/C13H22Cl2O2/c1-3-7-17-12(9-11(15)4-6-14)13(2)5-8-16-10-13/h4,12H,3,5-10H2,1-2H3/b11-4-. The molecule has 0 aromatic carbocycles. The maximum atomic E-state index is 6.15. The van der Waals surface area contributed by atoms with E-state index in [1.807, 2.05) is 6.08 Å². The summed E-state index contributed by atoms with van der Waals surface area (Å²) in [6, 6.07) is 0. The molecule has 0 bridgehead atoms. The van der Waals surface area contributed by atoms with Crippen LogP contribution in [0.4, 0.5) is 0 Å². The molecular formula is C13H22Cl2O2. The largest absolute Gasteiger partial charge is 0.381 e. The summed E-state index contributed by atoms with van der Waals surface area (Å²) in [6.45, 7) is 6.67. The summed E-state index contributed by atoms with van der Waals surface area (Å²) < 4.78 is 11.4. The molecule has 17 heavy (non-hydrogen) atoms. The Morgan fingerprint density at radius 2 is 2.35 bits per heavy atom. The Hall–Kier alpha value is 0.240. The summed E-state index contributed by atoms with van der Waals surface area (Å²) in [5.74, 6) is 0.451. The Morgan fingerprint density at radius 1 is 1.59 bits per heavy atom. The molecule has 0 aromatic heterocycles. The second-order valence-electron chi connectivity index (χ2n) is 4.83. The summed E-state index contributed by atoms with van der Waals surface area (Å²) in [4.78, 5) is 0. The highest BCUT2D eigenvalue weighted by Gasteiger charge is 2.38. The van der Waals surface area contributed by atoms with Crippen LogP contribution < -0.4 is 0 Å². The number of hydrogen-bond donors (Lipinski definition) is 0. The molecule has 1 aliphatic rings. The lowest BCUT2D eigenvalue weighted by atomic mass is 9.81. The lowest BCUT2D eigenvalue weighted by Gasteiger charge is -2.32. The average Bonchev–Trinajstić information content (AvgIpc) is 2.73. The van der Waals surface area contributed by atoms with E-state index in [0.29, 0.717) is 5.88 Å². The van der Waals surface area contributed by atoms with Crippen LogP contribution in [0.5, 0.6) is 0 Å². The number of ether oxygens (including phenoxy) is 2. The van der Waals surface area contributed by atoms with Gasteiger partial charge in [0.05, 0.1) is 12.7 Å². The van der Waals surface area contributed by atoms with Crippen molar-refractivity contribution in [1.29, 1.82) is 0 Å². The van der Waals surface area contributed by atoms with Crippen molar-refractivity contribution < 1.29 is 9.47 Å². The third-order valence-corrected chi connectivity index (χ3v) is 3.69. The van der Waals surface area contributed by atoms with Gasteiger partial charge in [0.2, 0.25) is 0 Å². The van der Waals surface area contributed by atoms with Crippen molar-refractivity contribution in [2.45, 2.75) is 39.2 Å². The second kappa shape index (κ2) is 7.63. The van der Waals surface area contributed by atoms with Gasteiger partial charge in [-0.3, -0.25) is 0 Å². The molecular weight excluding hydrogens is 259 g/mol. The van der Waals surface area contributed by atoms with Crippen molar-refractivity contribution in [1.82, 2.24) is 0 Å². The van der Waals surface area contributed by atoms with E-state index < -0.39 is 0 Å². The Bertz CT molecular complexity index is 248. The third-order valence-electron chi connectivity index (χ3n) is 3.23. The van der Waals surface area contributed by atoms with Gasteiger partial charge in [0.15, 0.2) is 0 Å². The first-order valence-electron chi connectivity index (χ1n) is 6.22. The van der Waals surface area contributed by atoms with E-state index in [2.05, 4.69) is 13.8 Å². The zero-order valence-corrected chi connectivity index (χ0v) is 12.2. The predicted molar refractivity (Wildman–Crippen MR) is 72.8 cm³/mol. The summed E-state index contributed by atoms with van der Waals surface area (Å²) in [7, 11) is 0. The predicted octanol–water partition coefficient (Wildman–Crippen LogP) is 3.96. The van der Waals surface area contributed by atoms with Gasteiger partial charge in [-0.15, -0.1) is 11.6 Å². The minimum absolute atomic E-state index is 0.0788. The monoisotopic (exact) mass is 280 g/mol. The zero-order valence-electron chi connectivity index (χ0n) is 10.7. The van der Waals surface area contributed by atoms with Gasteiger partial charge in [0.25, 0.3) is 0 Å². The van der Waals surface area contributed by atoms with Gasteiger partial charge in [-0.2, -0.15) is 0 Å². The van der Waals surface area contributed by atoms with Gasteiger partial charge < -0.3 is 9.47 Å². The van der Waals surface area contributed by atoms with E-state index in [1.165, 1.54) is 0 Å². The summed E-state index contributed by atoms with van der Waals surface area (Å²) >= 11 is 11.8. The fourth-order valence-electron chi connectivity index (χ4n) is 2.05. The summed E-state index contributed by atoms with van der Waals surface area (Å²) in [5, 5.41) is 0.786. The Balaban J connectivity index is 2.62. The molecule has 0 aliphatic carbocycles. The highest BCUT2D eigenvalue weighted by atomic mass is 35.5. The fraction of sp³-hybridized carbons (Fsp3) is 0.846. The second-order valence-corrected chi connectivity index (χ2v) is 5.62. The number of alkyl halides is 1. The molecule has 4 heteroatoms. The molecule has 2 unspecified atom stereocenters. The minimum atomic E-state index is 0.0788. The summed E-state index contributed by atoms with van der Waals surface area (Å²) in [5.41, 5.74) is 0.0788. The number of rotatable bonds is 7. The minimum Gasteiger partial charge on any atom is -0.381 e. The van der Waals surface area contributed by atoms with E-state index in [-0.39, 0.29) is 11.5 Å². The maximum absolute atomic E-state index is 6.15. The van der Waals surface area contributed by atoms with Crippen LogP contribution in [0.15, 0.2) is 11.1 Å². The zero-order chi connectivity index (χ0) is 12.7. The van der Waals surface area contributed by atoms with E-state index in [1.54, 1.807) is 0 Å². The van der Waals surface area contributed by atoms with Crippen LogP contribution in [-0.2, 0) is 9.47 Å². The Labute approximate surface area is 114 Å². The smallest absolute Gasteiger partial charge is 0.0700 e. The fourth-order valence-corrected chi connectivity index (χ4v) is 2.53. The van der Waals surface area contributed by atoms with E-state index in [4.69, 9.17) is 32.7 Å². The van der Waals surface area contributed by atoms with E-state index in [9.17, 15) is 0 Å². The molecule has 1 aliphatic heterocycles. The van der Waals surface area contributed by atoms with Crippen LogP contribution in [0.3, 0.4) is 0 Å². The van der Waals surface area contributed by atoms with Crippen LogP contribution in [0.2, 0.25) is 0 Å². The highest BCUT2D eigenvalue weighted by molar-refractivity contribution is 6.30. The van der Waals surface area contributed by atoms with Gasteiger partial charge in [0, 0.05) is 36.0 Å². The number of allylic oxidation sites excluding steroid dienone is 1. The van der Waals surface area contributed by atoms with Crippen molar-refractivity contribution in [3.05, 3.63) is 11.1 Å². The first kappa shape index (κ1) is 15.3. The Morgan fingerprint density at radius 3 is 2.88 bits per heavy atom. The molecule has 0 radical (unpaired) electrons. The molecule has 0 spiro atoms. The summed E-state index contributed by atoms with van der Waals surface area (Å²) in [6.07, 6.45) is 4.74. The van der Waals surface area contributed by atoms with Crippen molar-refractivity contribution in [2.75, 3.05) is 25.7 Å². The first-order chi connectivity index (χ1) is 8.12. The molecule has 2 atom stereocenters. The third kappa shape index (κ3) is 4.78. The molecule has 0 aromatic rings. The molecule has 100 valence electrons. The number of hydrogen-bond acceptors (Lipinski definition) is 2. The van der Waals surface area contributed by atoms with Crippen LogP contribution in [0.1, 0.15) is 33.1 Å². The SMILES string of the molecule is CCCOC(C/C(Cl)=C/CCl)C1(C)CCOC1. The average molecular weight is 281 g/mol. The van der Waals surface area contributed by atoms with Crippen LogP contribution >= 0.6 is 23.2 Å². The van der Waals surface area contributed by atoms with Crippen molar-refractivity contribution in [3.63, 3.8) is 0 Å². The van der Waals surface area contributed by atoms with Crippen LogP contribution in [0.25, 0.3) is 0 Å². The molecule has 0 N–H and O–H groups in total. The van der Waals surface area contributed by atoms with E-state index >= 15 is 0 Å². The lowest BCUT2D eigenvalue weighted by Crippen LogP contribution is -2.35. The molecule has 0 saturated carbocycles. The normalized spacial score (nSPS) is 27.4. The van der Waals surface area contributed by atoms with Gasteiger partial charge in [-0.25, -0.2) is 0 Å². The van der Waals surface area contributed by atoms with Crippen LogP contribution in [-0.4, -0.2) is 31.8 Å². The molecule has 1 saturated heterocycles. The maximum Gasteiger partial charge on any atom is 0.0700 e. The molecule has 0 amide bonds. The topological polar surface area (TPSA) is 18.5 Å². The Kier molecular flexibility index (Phi) is 6.86. The molecule has 1 rings (SSSR count). The van der Waals surface area contributed by atoms with E-state index in [0.717, 1.165) is 44.1 Å². The molecule has 2 nitrogen and oxygen atoms in total. The van der Waals surface area contributed by atoms with Crippen LogP contribution in [0, 0.1) is 5.41 Å². The van der Waals surface area contributed by atoms with Gasteiger partial charge in [0.1, 0.15) is 0 Å².